The fraction of sp³-hybridized carbons (Fsp3) is 0.552. The van der Waals surface area contributed by atoms with E-state index in [0.29, 0.717) is 37.5 Å². The summed E-state index contributed by atoms with van der Waals surface area (Å²) < 4.78 is 27.2. The number of rotatable bonds is 4. The van der Waals surface area contributed by atoms with Gasteiger partial charge in [0, 0.05) is 68.6 Å². The molecule has 8 heteroatoms. The first-order valence-electron chi connectivity index (χ1n) is 13.7. The zero-order valence-corrected chi connectivity index (χ0v) is 21.6. The zero-order valence-electron chi connectivity index (χ0n) is 21.6. The van der Waals surface area contributed by atoms with Crippen LogP contribution < -0.4 is 0 Å². The summed E-state index contributed by atoms with van der Waals surface area (Å²) in [5, 5.41) is 0. The van der Waals surface area contributed by atoms with E-state index in [9.17, 15) is 18.4 Å². The lowest BCUT2D eigenvalue weighted by Gasteiger charge is -2.41. The van der Waals surface area contributed by atoms with Crippen LogP contribution in [-0.2, 0) is 0 Å². The largest absolute Gasteiger partial charge is 0.339 e. The molecule has 0 N–H and O–H groups in total. The molecule has 5 rings (SSSR count). The highest BCUT2D eigenvalue weighted by Gasteiger charge is 2.32. The third-order valence-corrected chi connectivity index (χ3v) is 8.27. The number of piperazine rings is 1. The van der Waals surface area contributed by atoms with Crippen LogP contribution in [0, 0.1) is 18.6 Å². The molecule has 3 fully saturated rings. The summed E-state index contributed by atoms with van der Waals surface area (Å²) in [6, 6.07) is 7.38. The summed E-state index contributed by atoms with van der Waals surface area (Å²) >= 11 is 0. The second kappa shape index (κ2) is 11.3. The fourth-order valence-electron chi connectivity index (χ4n) is 6.19. The molecular weight excluding hydrogens is 474 g/mol. The third kappa shape index (κ3) is 5.84. The van der Waals surface area contributed by atoms with Crippen LogP contribution in [0.1, 0.15) is 83.0 Å². The highest BCUT2D eigenvalue weighted by Crippen LogP contribution is 2.31. The molecule has 0 spiro atoms. The van der Waals surface area contributed by atoms with E-state index in [1.165, 1.54) is 32.1 Å². The number of hydrogen-bond donors (Lipinski definition) is 0. The summed E-state index contributed by atoms with van der Waals surface area (Å²) in [5.74, 6) is -1.80. The normalized spacial score (nSPS) is 20.3. The maximum Gasteiger partial charge on any atom is 0.255 e. The maximum atomic E-state index is 13.6. The molecule has 1 saturated carbocycles. The van der Waals surface area contributed by atoms with Gasteiger partial charge >= 0.3 is 0 Å². The number of nitrogens with zero attached hydrogens (tertiary/aromatic N) is 4. The van der Waals surface area contributed by atoms with Crippen LogP contribution in [0.25, 0.3) is 0 Å². The van der Waals surface area contributed by atoms with Crippen LogP contribution in [0.4, 0.5) is 8.78 Å². The molecule has 6 nitrogen and oxygen atoms in total. The molecule has 2 saturated heterocycles. The molecular formula is C29H36F2N4O2. The fourth-order valence-corrected chi connectivity index (χ4v) is 6.19. The van der Waals surface area contributed by atoms with Gasteiger partial charge in [-0.05, 0) is 56.9 Å². The number of piperidine rings is 1. The number of halogens is 2. The molecule has 0 unspecified atom stereocenters. The van der Waals surface area contributed by atoms with Crippen LogP contribution in [0.3, 0.4) is 0 Å². The minimum absolute atomic E-state index is 0.0212. The van der Waals surface area contributed by atoms with Crippen molar-refractivity contribution in [2.24, 2.45) is 0 Å². The minimum atomic E-state index is -0.759. The predicted octanol–water partition coefficient (Wildman–Crippen LogP) is 4.78. The number of hydrogen-bond acceptors (Lipinski definition) is 4. The SMILES string of the molecule is Cc1ccc(C(=O)N2CCN(C3CCCCC3)CC2)c(C2CCN(C(=O)c3cc(F)cc(F)c3)CC2)n1. The van der Waals surface area contributed by atoms with E-state index in [-0.39, 0.29) is 23.3 Å². The van der Waals surface area contributed by atoms with Crippen LogP contribution in [0.2, 0.25) is 0 Å². The Kier molecular flexibility index (Phi) is 7.84. The smallest absolute Gasteiger partial charge is 0.255 e. The molecule has 198 valence electrons. The second-order valence-electron chi connectivity index (χ2n) is 10.7. The molecule has 1 aromatic carbocycles. The number of likely N-dealkylation sites (tertiary alicyclic amines) is 1. The van der Waals surface area contributed by atoms with Gasteiger partial charge in [0.05, 0.1) is 11.3 Å². The summed E-state index contributed by atoms with van der Waals surface area (Å²) in [5.41, 5.74) is 2.35. The van der Waals surface area contributed by atoms with Crippen molar-refractivity contribution in [1.29, 1.82) is 0 Å². The summed E-state index contributed by atoms with van der Waals surface area (Å²) in [6.07, 6.45) is 7.81. The van der Waals surface area contributed by atoms with Crippen molar-refractivity contribution in [1.82, 2.24) is 19.7 Å². The average Bonchev–Trinajstić information content (AvgIpc) is 2.92. The van der Waals surface area contributed by atoms with Crippen molar-refractivity contribution >= 4 is 11.8 Å². The lowest BCUT2D eigenvalue weighted by Crippen LogP contribution is -2.52. The number of pyridine rings is 1. The van der Waals surface area contributed by atoms with Gasteiger partial charge in [0.25, 0.3) is 11.8 Å². The standard InChI is InChI=1S/C29H36F2N4O2/c1-20-7-8-26(29(37)35-15-13-33(14-16-35)25-5-3-2-4-6-25)27(32-20)21-9-11-34(12-10-21)28(36)22-17-23(30)19-24(31)18-22/h7-8,17-19,21,25H,2-6,9-16H2,1H3. The molecule has 2 aromatic rings. The van der Waals surface area contributed by atoms with Crippen LogP contribution in [0.15, 0.2) is 30.3 Å². The van der Waals surface area contributed by atoms with Gasteiger partial charge in [-0.1, -0.05) is 19.3 Å². The van der Waals surface area contributed by atoms with Gasteiger partial charge < -0.3 is 9.80 Å². The van der Waals surface area contributed by atoms with E-state index in [2.05, 4.69) is 4.90 Å². The van der Waals surface area contributed by atoms with Crippen LogP contribution in [0.5, 0.6) is 0 Å². The number of carbonyl (C=O) groups is 2. The van der Waals surface area contributed by atoms with E-state index >= 15 is 0 Å². The topological polar surface area (TPSA) is 56.8 Å². The van der Waals surface area contributed by atoms with Crippen molar-refractivity contribution in [2.45, 2.75) is 63.8 Å². The van der Waals surface area contributed by atoms with Crippen molar-refractivity contribution in [3.63, 3.8) is 0 Å². The average molecular weight is 511 g/mol. The lowest BCUT2D eigenvalue weighted by molar-refractivity contribution is 0.0519. The summed E-state index contributed by atoms with van der Waals surface area (Å²) in [7, 11) is 0. The molecule has 1 aromatic heterocycles. The highest BCUT2D eigenvalue weighted by molar-refractivity contribution is 5.96. The molecule has 0 bridgehead atoms. The number of amides is 2. The van der Waals surface area contributed by atoms with Crippen molar-refractivity contribution in [2.75, 3.05) is 39.3 Å². The second-order valence-corrected chi connectivity index (χ2v) is 10.7. The van der Waals surface area contributed by atoms with Crippen molar-refractivity contribution in [3.8, 4) is 0 Å². The van der Waals surface area contributed by atoms with E-state index in [1.807, 2.05) is 24.0 Å². The Bertz CT molecular complexity index is 1110. The Morgan fingerprint density at radius 2 is 1.41 bits per heavy atom. The molecule has 3 aliphatic rings. The predicted molar refractivity (Wildman–Crippen MR) is 138 cm³/mol. The van der Waals surface area contributed by atoms with E-state index in [1.54, 1.807) is 4.90 Å². The summed E-state index contributed by atoms with van der Waals surface area (Å²) in [6.45, 7) is 6.14. The Labute approximate surface area is 217 Å². The molecule has 3 heterocycles. The molecule has 0 radical (unpaired) electrons. The van der Waals surface area contributed by atoms with Crippen LogP contribution >= 0.6 is 0 Å². The number of carbonyl (C=O) groups excluding carboxylic acids is 2. The van der Waals surface area contributed by atoms with Gasteiger partial charge in [0.1, 0.15) is 11.6 Å². The lowest BCUT2D eigenvalue weighted by atomic mass is 9.89. The van der Waals surface area contributed by atoms with Gasteiger partial charge in [0.2, 0.25) is 0 Å². The third-order valence-electron chi connectivity index (χ3n) is 8.27. The van der Waals surface area contributed by atoms with E-state index in [4.69, 9.17) is 4.98 Å². The van der Waals surface area contributed by atoms with Gasteiger partial charge in [-0.2, -0.15) is 0 Å². The van der Waals surface area contributed by atoms with E-state index < -0.39 is 11.6 Å². The van der Waals surface area contributed by atoms with E-state index in [0.717, 1.165) is 55.8 Å². The van der Waals surface area contributed by atoms with Gasteiger partial charge in [-0.3, -0.25) is 19.5 Å². The van der Waals surface area contributed by atoms with Crippen LogP contribution in [-0.4, -0.2) is 76.8 Å². The van der Waals surface area contributed by atoms with Gasteiger partial charge in [-0.15, -0.1) is 0 Å². The Hall–Kier alpha value is -2.87. The summed E-state index contributed by atoms with van der Waals surface area (Å²) in [4.78, 5) is 37.4. The number of benzene rings is 1. The number of aromatic nitrogens is 1. The molecule has 2 aliphatic heterocycles. The molecule has 37 heavy (non-hydrogen) atoms. The Balaban J connectivity index is 1.24. The number of aryl methyl sites for hydroxylation is 1. The highest BCUT2D eigenvalue weighted by atomic mass is 19.1. The first-order valence-corrected chi connectivity index (χ1v) is 13.7. The monoisotopic (exact) mass is 510 g/mol. The Morgan fingerprint density at radius 1 is 0.784 bits per heavy atom. The quantitative estimate of drug-likeness (QED) is 0.594. The van der Waals surface area contributed by atoms with Gasteiger partial charge in [-0.25, -0.2) is 8.78 Å². The van der Waals surface area contributed by atoms with Crippen molar-refractivity contribution < 1.29 is 18.4 Å². The molecule has 2 amide bonds. The molecule has 1 aliphatic carbocycles. The van der Waals surface area contributed by atoms with Gasteiger partial charge in [0.15, 0.2) is 0 Å². The maximum absolute atomic E-state index is 13.6. The first-order chi connectivity index (χ1) is 17.9. The molecule has 0 atom stereocenters. The zero-order chi connectivity index (χ0) is 25.9. The first kappa shape index (κ1) is 25.8. The minimum Gasteiger partial charge on any atom is -0.339 e. The Morgan fingerprint density at radius 3 is 2.05 bits per heavy atom. The van der Waals surface area contributed by atoms with Crippen molar-refractivity contribution in [3.05, 3.63) is 64.5 Å².